The van der Waals surface area contributed by atoms with Crippen LogP contribution in [0, 0.1) is 0 Å². The van der Waals surface area contributed by atoms with Crippen LogP contribution in [-0.2, 0) is 25.7 Å². The maximum atomic E-state index is 10.9. The maximum absolute atomic E-state index is 10.9. The first-order valence-corrected chi connectivity index (χ1v) is 11.6. The molecule has 3 aromatic rings. The van der Waals surface area contributed by atoms with E-state index < -0.39 is 0 Å². The lowest BCUT2D eigenvalue weighted by Gasteiger charge is -2.15. The van der Waals surface area contributed by atoms with Crippen molar-refractivity contribution < 1.29 is 14.9 Å². The van der Waals surface area contributed by atoms with Gasteiger partial charge in [0.15, 0.2) is 0 Å². The van der Waals surface area contributed by atoms with Gasteiger partial charge in [-0.05, 0) is 89.8 Å². The van der Waals surface area contributed by atoms with Gasteiger partial charge >= 0.3 is 0 Å². The van der Waals surface area contributed by atoms with Crippen molar-refractivity contribution in [3.8, 4) is 17.2 Å². The number of ether oxygens (including phenoxy) is 1. The molecule has 0 aliphatic heterocycles. The Morgan fingerprint density at radius 2 is 1.45 bits per heavy atom. The fourth-order valence-electron chi connectivity index (χ4n) is 3.84. The van der Waals surface area contributed by atoms with Gasteiger partial charge in [-0.15, -0.1) is 0 Å². The van der Waals surface area contributed by atoms with Gasteiger partial charge in [0.1, 0.15) is 17.2 Å². The summed E-state index contributed by atoms with van der Waals surface area (Å²) in [5.41, 5.74) is 4.59. The molecule has 164 valence electrons. The topological polar surface area (TPSA) is 49.7 Å². The van der Waals surface area contributed by atoms with Gasteiger partial charge in [-0.1, -0.05) is 59.6 Å². The van der Waals surface area contributed by atoms with Crippen LogP contribution in [0.15, 0.2) is 53.0 Å². The molecule has 5 heteroatoms. The summed E-state index contributed by atoms with van der Waals surface area (Å²) in [5, 5.41) is 22.2. The molecule has 0 aromatic heterocycles. The minimum Gasteiger partial charge on any atom is -0.507 e. The zero-order chi connectivity index (χ0) is 22.5. The Morgan fingerprint density at radius 3 is 2.06 bits per heavy atom. The molecule has 0 bridgehead atoms. The van der Waals surface area contributed by atoms with Gasteiger partial charge in [-0.3, -0.25) is 0 Å². The molecule has 3 nitrogen and oxygen atoms in total. The number of hydrogen-bond acceptors (Lipinski definition) is 3. The molecular formula is C26H28BrClO3. The Kier molecular flexibility index (Phi) is 7.90. The average molecular weight is 504 g/mol. The molecule has 0 amide bonds. The summed E-state index contributed by atoms with van der Waals surface area (Å²) in [6, 6.07) is 15.4. The first-order chi connectivity index (χ1) is 14.8. The minimum absolute atomic E-state index is 0.233. The summed E-state index contributed by atoms with van der Waals surface area (Å²) in [4.78, 5) is 0. The van der Waals surface area contributed by atoms with Crippen molar-refractivity contribution in [3.05, 3.63) is 85.8 Å². The van der Waals surface area contributed by atoms with Crippen LogP contribution in [0.25, 0.3) is 0 Å². The molecule has 2 N–H and O–H groups in total. The number of phenols is 2. The Hall–Kier alpha value is -2.17. The number of phenolic OH excluding ortho intramolecular Hbond substituents is 2. The monoisotopic (exact) mass is 502 g/mol. The second-order valence-electron chi connectivity index (χ2n) is 8.04. The second kappa shape index (κ2) is 10.4. The Labute approximate surface area is 197 Å². The average Bonchev–Trinajstić information content (AvgIpc) is 2.74. The lowest BCUT2D eigenvalue weighted by molar-refractivity contribution is 0.409. The van der Waals surface area contributed by atoms with Crippen molar-refractivity contribution in [2.75, 3.05) is 7.11 Å². The number of benzene rings is 3. The van der Waals surface area contributed by atoms with Gasteiger partial charge in [0, 0.05) is 9.50 Å². The highest BCUT2D eigenvalue weighted by atomic mass is 79.9. The summed E-state index contributed by atoms with van der Waals surface area (Å²) >= 11 is 9.68. The van der Waals surface area contributed by atoms with E-state index in [1.807, 2.05) is 48.5 Å². The molecule has 0 spiro atoms. The largest absolute Gasteiger partial charge is 0.507 e. The van der Waals surface area contributed by atoms with Gasteiger partial charge < -0.3 is 14.9 Å². The van der Waals surface area contributed by atoms with Crippen molar-refractivity contribution in [3.63, 3.8) is 0 Å². The second-order valence-corrected chi connectivity index (χ2v) is 9.39. The third-order valence-electron chi connectivity index (χ3n) is 5.58. The quantitative estimate of drug-likeness (QED) is 0.341. The molecule has 0 saturated carbocycles. The van der Waals surface area contributed by atoms with Crippen molar-refractivity contribution >= 4 is 27.5 Å². The van der Waals surface area contributed by atoms with Gasteiger partial charge in [0.2, 0.25) is 0 Å². The normalized spacial score (nSPS) is 11.2. The summed E-state index contributed by atoms with van der Waals surface area (Å²) in [6.07, 6.45) is 2.67. The highest BCUT2D eigenvalue weighted by Crippen LogP contribution is 2.34. The fourth-order valence-corrected chi connectivity index (χ4v) is 4.56. The van der Waals surface area contributed by atoms with Crippen LogP contribution in [0.3, 0.4) is 0 Å². The molecule has 0 heterocycles. The van der Waals surface area contributed by atoms with Crippen LogP contribution in [0.5, 0.6) is 17.2 Å². The fraction of sp³-hybridized carbons (Fsp3) is 0.308. The van der Waals surface area contributed by atoms with E-state index in [-0.39, 0.29) is 5.92 Å². The highest BCUT2D eigenvalue weighted by molar-refractivity contribution is 9.10. The molecule has 0 aliphatic rings. The lowest BCUT2D eigenvalue weighted by atomic mass is 9.94. The molecule has 0 unspecified atom stereocenters. The van der Waals surface area contributed by atoms with Crippen molar-refractivity contribution in [2.24, 2.45) is 0 Å². The first kappa shape index (κ1) is 23.5. The summed E-state index contributed by atoms with van der Waals surface area (Å²) in [7, 11) is 1.65. The van der Waals surface area contributed by atoms with E-state index >= 15 is 0 Å². The molecule has 0 radical (unpaired) electrons. The predicted molar refractivity (Wildman–Crippen MR) is 131 cm³/mol. The molecule has 0 saturated heterocycles. The smallest absolute Gasteiger partial charge is 0.122 e. The third-order valence-corrected chi connectivity index (χ3v) is 6.27. The van der Waals surface area contributed by atoms with Crippen molar-refractivity contribution in [1.29, 1.82) is 0 Å². The number of aromatic hydroxyl groups is 2. The molecule has 3 aromatic carbocycles. The van der Waals surface area contributed by atoms with E-state index in [9.17, 15) is 10.2 Å². The Balaban J connectivity index is 1.76. The van der Waals surface area contributed by atoms with E-state index in [4.69, 9.17) is 16.3 Å². The van der Waals surface area contributed by atoms with Crippen LogP contribution in [0.2, 0.25) is 5.02 Å². The number of halogens is 2. The minimum atomic E-state index is 0.233. The van der Waals surface area contributed by atoms with Gasteiger partial charge in [-0.25, -0.2) is 0 Å². The molecule has 0 atom stereocenters. The molecule has 31 heavy (non-hydrogen) atoms. The van der Waals surface area contributed by atoms with E-state index in [1.165, 1.54) is 0 Å². The van der Waals surface area contributed by atoms with Gasteiger partial charge in [-0.2, -0.15) is 0 Å². The standard InChI is InChI=1S/C26H28BrClO3/c1-16(2)23-15-21(27)13-20(26(23)30)10-8-18-6-4-5-17(25(18)29)7-9-19-14-22(28)11-12-24(19)31-3/h4-6,11-16,29-30H,7-10H2,1-3H3. The van der Waals surface area contributed by atoms with Crippen molar-refractivity contribution in [1.82, 2.24) is 0 Å². The summed E-state index contributed by atoms with van der Waals surface area (Å²) in [6.45, 7) is 4.13. The van der Waals surface area contributed by atoms with Crippen LogP contribution in [-0.4, -0.2) is 17.3 Å². The summed E-state index contributed by atoms with van der Waals surface area (Å²) in [5.74, 6) is 1.70. The zero-order valence-electron chi connectivity index (χ0n) is 18.1. The number of para-hydroxylation sites is 1. The molecule has 0 aliphatic carbocycles. The van der Waals surface area contributed by atoms with Crippen LogP contribution in [0.4, 0.5) is 0 Å². The number of rotatable bonds is 8. The van der Waals surface area contributed by atoms with E-state index in [2.05, 4.69) is 29.8 Å². The van der Waals surface area contributed by atoms with E-state index in [0.717, 1.165) is 38.0 Å². The zero-order valence-corrected chi connectivity index (χ0v) is 20.4. The van der Waals surface area contributed by atoms with Crippen LogP contribution in [0.1, 0.15) is 47.6 Å². The van der Waals surface area contributed by atoms with Crippen LogP contribution >= 0.6 is 27.5 Å². The predicted octanol–water partition coefficient (Wildman–Crippen LogP) is 7.22. The molecule has 3 rings (SSSR count). The lowest BCUT2D eigenvalue weighted by Crippen LogP contribution is -2.00. The number of hydrogen-bond donors (Lipinski definition) is 2. The van der Waals surface area contributed by atoms with E-state index in [1.54, 1.807) is 7.11 Å². The van der Waals surface area contributed by atoms with Gasteiger partial charge in [0.25, 0.3) is 0 Å². The first-order valence-electron chi connectivity index (χ1n) is 10.4. The third kappa shape index (κ3) is 5.75. The van der Waals surface area contributed by atoms with Crippen LogP contribution < -0.4 is 4.74 Å². The molecule has 0 fully saturated rings. The summed E-state index contributed by atoms with van der Waals surface area (Å²) < 4.78 is 6.38. The number of aryl methyl sites for hydroxylation is 4. The van der Waals surface area contributed by atoms with E-state index in [0.29, 0.717) is 42.2 Å². The van der Waals surface area contributed by atoms with Crippen molar-refractivity contribution in [2.45, 2.75) is 45.4 Å². The maximum Gasteiger partial charge on any atom is 0.122 e. The Bertz CT molecular complexity index is 1060. The highest BCUT2D eigenvalue weighted by Gasteiger charge is 2.14. The number of methoxy groups -OCH3 is 1. The SMILES string of the molecule is COc1ccc(Cl)cc1CCc1cccc(CCc2cc(Br)cc(C(C)C)c2O)c1O. The molecular weight excluding hydrogens is 476 g/mol. The Morgan fingerprint density at radius 1 is 0.839 bits per heavy atom. The van der Waals surface area contributed by atoms with Gasteiger partial charge in [0.05, 0.1) is 7.11 Å².